The summed E-state index contributed by atoms with van der Waals surface area (Å²) in [6.07, 6.45) is 6.77. The molecule has 2 aromatic heterocycles. The number of anilines is 1. The molecule has 6 nitrogen and oxygen atoms in total. The Morgan fingerprint density at radius 2 is 2.13 bits per heavy atom. The number of para-hydroxylation sites is 2. The van der Waals surface area contributed by atoms with Crippen LogP contribution in [-0.4, -0.2) is 25.0 Å². The molecule has 0 fully saturated rings. The van der Waals surface area contributed by atoms with Crippen molar-refractivity contribution in [3.63, 3.8) is 0 Å². The molecule has 1 N–H and O–H groups in total. The van der Waals surface area contributed by atoms with Crippen LogP contribution in [0.25, 0.3) is 11.0 Å². The lowest BCUT2D eigenvalue weighted by Crippen LogP contribution is -2.25. The summed E-state index contributed by atoms with van der Waals surface area (Å²) in [6.45, 7) is 2.81. The van der Waals surface area contributed by atoms with Crippen molar-refractivity contribution in [3.8, 4) is 0 Å². The van der Waals surface area contributed by atoms with Gasteiger partial charge in [0.1, 0.15) is 17.7 Å². The van der Waals surface area contributed by atoms with E-state index in [1.165, 1.54) is 6.42 Å². The highest BCUT2D eigenvalue weighted by molar-refractivity contribution is 5.93. The van der Waals surface area contributed by atoms with Gasteiger partial charge in [-0.05, 0) is 31.9 Å². The molecule has 1 aliphatic rings. The molecule has 0 saturated heterocycles. The Labute approximate surface area is 134 Å². The number of fused-ring (bicyclic) bond motifs is 2. The fourth-order valence-corrected chi connectivity index (χ4v) is 3.16. The highest BCUT2D eigenvalue weighted by Crippen LogP contribution is 2.22. The Balaban J connectivity index is 1.58. The molecule has 0 radical (unpaired) electrons. The Morgan fingerprint density at radius 3 is 3.04 bits per heavy atom. The van der Waals surface area contributed by atoms with Crippen LogP contribution in [0.4, 0.5) is 5.82 Å². The minimum absolute atomic E-state index is 0.0542. The molecular formula is C17H19N5O. The lowest BCUT2D eigenvalue weighted by molar-refractivity contribution is -0.118. The number of carbonyl (C=O) groups excluding carboxylic acids is 1. The van der Waals surface area contributed by atoms with Gasteiger partial charge in [-0.2, -0.15) is 0 Å². The van der Waals surface area contributed by atoms with Crippen LogP contribution in [0.2, 0.25) is 0 Å². The summed E-state index contributed by atoms with van der Waals surface area (Å²) in [5.41, 5.74) is 1.86. The number of hydrogen-bond acceptors (Lipinski definition) is 3. The van der Waals surface area contributed by atoms with E-state index in [1.807, 2.05) is 35.8 Å². The van der Waals surface area contributed by atoms with Gasteiger partial charge in [0.25, 0.3) is 0 Å². The number of benzene rings is 1. The lowest BCUT2D eigenvalue weighted by Gasteiger charge is -2.18. The topological polar surface area (TPSA) is 64.7 Å². The Morgan fingerprint density at radius 1 is 1.26 bits per heavy atom. The Kier molecular flexibility index (Phi) is 3.37. The van der Waals surface area contributed by atoms with Gasteiger partial charge in [-0.15, -0.1) is 0 Å². The minimum atomic E-state index is -0.336. The quantitative estimate of drug-likeness (QED) is 0.809. The third kappa shape index (κ3) is 2.40. The summed E-state index contributed by atoms with van der Waals surface area (Å²) >= 11 is 0. The van der Waals surface area contributed by atoms with Crippen LogP contribution >= 0.6 is 0 Å². The predicted molar refractivity (Wildman–Crippen MR) is 88.2 cm³/mol. The van der Waals surface area contributed by atoms with Crippen LogP contribution in [0.3, 0.4) is 0 Å². The SMILES string of the molecule is CC(C(=O)Nc1cnc2n1CCCC2)n1cnc2ccccc21. The van der Waals surface area contributed by atoms with Gasteiger partial charge < -0.3 is 14.5 Å². The summed E-state index contributed by atoms with van der Waals surface area (Å²) < 4.78 is 4.01. The zero-order valence-corrected chi connectivity index (χ0v) is 13.1. The first-order valence-corrected chi connectivity index (χ1v) is 8.01. The molecule has 0 spiro atoms. The first-order valence-electron chi connectivity index (χ1n) is 8.01. The summed E-state index contributed by atoms with van der Waals surface area (Å²) in [4.78, 5) is 21.4. The molecule has 0 saturated carbocycles. The van der Waals surface area contributed by atoms with Crippen LogP contribution in [0.5, 0.6) is 0 Å². The van der Waals surface area contributed by atoms with E-state index in [4.69, 9.17) is 0 Å². The van der Waals surface area contributed by atoms with Crippen LogP contribution in [0.1, 0.15) is 31.6 Å². The first-order chi connectivity index (χ1) is 11.2. The molecule has 0 aliphatic carbocycles. The van der Waals surface area contributed by atoms with Crippen molar-refractivity contribution in [2.45, 2.75) is 38.8 Å². The van der Waals surface area contributed by atoms with E-state index in [-0.39, 0.29) is 11.9 Å². The summed E-state index contributed by atoms with van der Waals surface area (Å²) in [6, 6.07) is 7.50. The number of nitrogens with one attached hydrogen (secondary N) is 1. The van der Waals surface area contributed by atoms with Gasteiger partial charge in [0.2, 0.25) is 5.91 Å². The third-order valence-electron chi connectivity index (χ3n) is 4.50. The molecule has 0 bridgehead atoms. The van der Waals surface area contributed by atoms with E-state index in [0.29, 0.717) is 0 Å². The van der Waals surface area contributed by atoms with Gasteiger partial charge in [-0.3, -0.25) is 4.79 Å². The Hall–Kier alpha value is -2.63. The fraction of sp³-hybridized carbons (Fsp3) is 0.353. The normalized spacial score (nSPS) is 15.3. The molecular weight excluding hydrogens is 290 g/mol. The number of rotatable bonds is 3. The average molecular weight is 309 g/mol. The maximum absolute atomic E-state index is 12.6. The third-order valence-corrected chi connectivity index (χ3v) is 4.50. The highest BCUT2D eigenvalue weighted by atomic mass is 16.2. The number of aryl methyl sites for hydroxylation is 1. The molecule has 1 amide bonds. The molecule has 23 heavy (non-hydrogen) atoms. The standard InChI is InChI=1S/C17H19N5O/c1-12(22-11-19-13-6-2-3-7-14(13)22)17(23)20-16-10-18-15-8-4-5-9-21(15)16/h2-3,6-7,10-12H,4-5,8-9H2,1H3,(H,20,23). The molecule has 1 unspecified atom stereocenters. The van der Waals surface area contributed by atoms with E-state index >= 15 is 0 Å². The van der Waals surface area contributed by atoms with Crippen LogP contribution in [-0.2, 0) is 17.8 Å². The van der Waals surface area contributed by atoms with E-state index in [0.717, 1.165) is 42.1 Å². The second kappa shape index (κ2) is 5.53. The second-order valence-electron chi connectivity index (χ2n) is 5.97. The van der Waals surface area contributed by atoms with Gasteiger partial charge in [-0.25, -0.2) is 9.97 Å². The van der Waals surface area contributed by atoms with Crippen molar-refractivity contribution in [3.05, 3.63) is 42.6 Å². The van der Waals surface area contributed by atoms with Gasteiger partial charge >= 0.3 is 0 Å². The number of nitrogens with zero attached hydrogens (tertiary/aromatic N) is 4. The molecule has 118 valence electrons. The monoisotopic (exact) mass is 309 g/mol. The number of hydrogen-bond donors (Lipinski definition) is 1. The molecule has 4 rings (SSSR count). The fourth-order valence-electron chi connectivity index (χ4n) is 3.16. The van der Waals surface area contributed by atoms with Gasteiger partial charge in [0.15, 0.2) is 0 Å². The molecule has 1 aromatic carbocycles. The van der Waals surface area contributed by atoms with Gasteiger partial charge in [0.05, 0.1) is 23.6 Å². The van der Waals surface area contributed by atoms with Crippen LogP contribution in [0, 0.1) is 0 Å². The first kappa shape index (κ1) is 14.0. The van der Waals surface area contributed by atoms with Gasteiger partial charge in [-0.1, -0.05) is 12.1 Å². The molecule has 3 aromatic rings. The van der Waals surface area contributed by atoms with E-state index in [1.54, 1.807) is 12.5 Å². The number of imidazole rings is 2. The zero-order valence-electron chi connectivity index (χ0n) is 13.1. The predicted octanol–water partition coefficient (Wildman–Crippen LogP) is 2.77. The van der Waals surface area contributed by atoms with Crippen molar-refractivity contribution in [1.29, 1.82) is 0 Å². The van der Waals surface area contributed by atoms with Crippen molar-refractivity contribution >= 4 is 22.8 Å². The number of carbonyl (C=O) groups is 1. The second-order valence-corrected chi connectivity index (χ2v) is 5.97. The number of amides is 1. The molecule has 6 heteroatoms. The Bertz CT molecular complexity index is 863. The smallest absolute Gasteiger partial charge is 0.248 e. The number of aromatic nitrogens is 4. The van der Waals surface area contributed by atoms with Crippen molar-refractivity contribution in [2.24, 2.45) is 0 Å². The van der Waals surface area contributed by atoms with Crippen molar-refractivity contribution < 1.29 is 4.79 Å². The van der Waals surface area contributed by atoms with E-state index in [9.17, 15) is 4.79 Å². The van der Waals surface area contributed by atoms with E-state index in [2.05, 4.69) is 19.9 Å². The summed E-state index contributed by atoms with van der Waals surface area (Å²) in [5.74, 6) is 1.80. The lowest BCUT2D eigenvalue weighted by atomic mass is 10.2. The van der Waals surface area contributed by atoms with Crippen LogP contribution in [0.15, 0.2) is 36.8 Å². The van der Waals surface area contributed by atoms with Crippen molar-refractivity contribution in [2.75, 3.05) is 5.32 Å². The van der Waals surface area contributed by atoms with E-state index < -0.39 is 0 Å². The maximum atomic E-state index is 12.6. The minimum Gasteiger partial charge on any atom is -0.318 e. The summed E-state index contributed by atoms with van der Waals surface area (Å²) in [7, 11) is 0. The van der Waals surface area contributed by atoms with Gasteiger partial charge in [0, 0.05) is 13.0 Å². The average Bonchev–Trinajstić information content (AvgIpc) is 3.19. The van der Waals surface area contributed by atoms with Crippen LogP contribution < -0.4 is 5.32 Å². The molecule has 1 atom stereocenters. The summed E-state index contributed by atoms with van der Waals surface area (Å²) in [5, 5.41) is 3.02. The van der Waals surface area contributed by atoms with Crippen molar-refractivity contribution in [1.82, 2.24) is 19.1 Å². The molecule has 1 aliphatic heterocycles. The molecule has 3 heterocycles. The highest BCUT2D eigenvalue weighted by Gasteiger charge is 2.20. The zero-order chi connectivity index (χ0) is 15.8. The largest absolute Gasteiger partial charge is 0.318 e. The maximum Gasteiger partial charge on any atom is 0.248 e.